The molecule has 1 heterocycles. The molecule has 2 atom stereocenters. The zero-order valence-electron chi connectivity index (χ0n) is 14.8. The summed E-state index contributed by atoms with van der Waals surface area (Å²) in [5.74, 6) is 0.231. The van der Waals surface area contributed by atoms with Crippen LogP contribution < -0.4 is 5.32 Å². The second kappa shape index (κ2) is 9.12. The Morgan fingerprint density at radius 2 is 2.00 bits per heavy atom. The Morgan fingerprint density at radius 1 is 1.23 bits per heavy atom. The van der Waals surface area contributed by atoms with E-state index in [-0.39, 0.29) is 24.6 Å². The number of benzene rings is 1. The largest absolute Gasteiger partial charge is 0.497 e. The van der Waals surface area contributed by atoms with Gasteiger partial charge in [-0.1, -0.05) is 30.3 Å². The monoisotopic (exact) mass is 364 g/mol. The van der Waals surface area contributed by atoms with E-state index in [9.17, 15) is 13.6 Å². The fourth-order valence-electron chi connectivity index (χ4n) is 3.39. The molecule has 0 spiro atoms. The zero-order valence-corrected chi connectivity index (χ0v) is 14.8. The third kappa shape index (κ3) is 5.80. The topological polar surface area (TPSA) is 41.6 Å². The molecule has 26 heavy (non-hydrogen) atoms. The number of halogens is 2. The summed E-state index contributed by atoms with van der Waals surface area (Å²) < 4.78 is 31.3. The molecule has 6 heteroatoms. The van der Waals surface area contributed by atoms with Gasteiger partial charge in [0.25, 0.3) is 6.43 Å². The van der Waals surface area contributed by atoms with Gasteiger partial charge < -0.3 is 10.1 Å². The molecule has 3 rings (SSSR count). The van der Waals surface area contributed by atoms with Crippen molar-refractivity contribution < 1.29 is 18.3 Å². The van der Waals surface area contributed by atoms with Gasteiger partial charge in [-0.2, -0.15) is 0 Å². The van der Waals surface area contributed by atoms with Crippen LogP contribution in [-0.2, 0) is 9.53 Å². The van der Waals surface area contributed by atoms with Crippen LogP contribution >= 0.6 is 0 Å². The van der Waals surface area contributed by atoms with Crippen molar-refractivity contribution in [2.24, 2.45) is 5.92 Å². The SMILES string of the molecule is O=C(CN(CC(F)F)C[C@H]1CCC=CO1)N[C@H](c1ccccc1)C1CC1. The van der Waals surface area contributed by atoms with E-state index in [4.69, 9.17) is 4.74 Å². The van der Waals surface area contributed by atoms with Gasteiger partial charge in [0.1, 0.15) is 6.10 Å². The minimum absolute atomic E-state index is 0.0361. The first-order valence-electron chi connectivity index (χ1n) is 9.27. The van der Waals surface area contributed by atoms with Crippen LogP contribution in [0.15, 0.2) is 42.7 Å². The molecule has 1 amide bonds. The van der Waals surface area contributed by atoms with Crippen LogP contribution in [0.3, 0.4) is 0 Å². The third-order valence-corrected chi connectivity index (χ3v) is 4.82. The van der Waals surface area contributed by atoms with Gasteiger partial charge in [0.15, 0.2) is 0 Å². The van der Waals surface area contributed by atoms with Crippen LogP contribution in [-0.4, -0.2) is 43.0 Å². The van der Waals surface area contributed by atoms with Crippen molar-refractivity contribution in [3.05, 3.63) is 48.2 Å². The molecule has 0 unspecified atom stereocenters. The molecule has 0 aromatic heterocycles. The normalized spacial score (nSPS) is 20.8. The lowest BCUT2D eigenvalue weighted by molar-refractivity contribution is -0.124. The second-order valence-electron chi connectivity index (χ2n) is 7.09. The van der Waals surface area contributed by atoms with Crippen LogP contribution in [0.2, 0.25) is 0 Å². The lowest BCUT2D eigenvalue weighted by atomic mass is 10.0. The van der Waals surface area contributed by atoms with Crippen molar-refractivity contribution in [2.45, 2.75) is 44.3 Å². The number of allylic oxidation sites excluding steroid dienone is 1. The molecule has 1 aliphatic heterocycles. The number of amides is 1. The molecule has 142 valence electrons. The Hall–Kier alpha value is -1.95. The number of hydrogen-bond acceptors (Lipinski definition) is 3. The van der Waals surface area contributed by atoms with Crippen LogP contribution in [0.25, 0.3) is 0 Å². The van der Waals surface area contributed by atoms with E-state index in [0.29, 0.717) is 12.5 Å². The van der Waals surface area contributed by atoms with Crippen LogP contribution in [0.5, 0.6) is 0 Å². The van der Waals surface area contributed by atoms with Gasteiger partial charge in [0, 0.05) is 6.54 Å². The van der Waals surface area contributed by atoms with E-state index in [0.717, 1.165) is 31.2 Å². The summed E-state index contributed by atoms with van der Waals surface area (Å²) in [5, 5.41) is 3.06. The van der Waals surface area contributed by atoms with Crippen LogP contribution in [0, 0.1) is 5.92 Å². The predicted octanol–water partition coefficient (Wildman–Crippen LogP) is 3.51. The molecule has 1 aliphatic carbocycles. The summed E-state index contributed by atoms with van der Waals surface area (Å²) in [6.07, 6.45) is 4.75. The molecule has 0 bridgehead atoms. The first-order valence-corrected chi connectivity index (χ1v) is 9.27. The molecule has 1 fully saturated rings. The maximum Gasteiger partial charge on any atom is 0.251 e. The van der Waals surface area contributed by atoms with Crippen molar-refractivity contribution in [3.8, 4) is 0 Å². The maximum atomic E-state index is 12.9. The van der Waals surface area contributed by atoms with E-state index in [1.807, 2.05) is 36.4 Å². The van der Waals surface area contributed by atoms with Gasteiger partial charge in [-0.25, -0.2) is 8.78 Å². The van der Waals surface area contributed by atoms with Crippen LogP contribution in [0.4, 0.5) is 8.78 Å². The first kappa shape index (κ1) is 18.8. The lowest BCUT2D eigenvalue weighted by Gasteiger charge is -2.28. The summed E-state index contributed by atoms with van der Waals surface area (Å²) in [4.78, 5) is 14.0. The summed E-state index contributed by atoms with van der Waals surface area (Å²) in [5.41, 5.74) is 1.07. The highest BCUT2D eigenvalue weighted by Crippen LogP contribution is 2.40. The van der Waals surface area contributed by atoms with Crippen molar-refractivity contribution in [1.29, 1.82) is 0 Å². The standard InChI is InChI=1S/C20H26F2N2O2/c21-18(22)13-24(12-17-8-4-5-11-26-17)14-19(25)23-20(16-9-10-16)15-6-2-1-3-7-15/h1-3,5-7,11,16-18,20H,4,8-10,12-14H2,(H,23,25)/t17-,20-/m1/s1. The van der Waals surface area contributed by atoms with Crippen molar-refractivity contribution in [2.75, 3.05) is 19.6 Å². The highest BCUT2D eigenvalue weighted by atomic mass is 19.3. The summed E-state index contributed by atoms with van der Waals surface area (Å²) in [6.45, 7) is -0.123. The number of nitrogens with one attached hydrogen (secondary N) is 1. The fraction of sp³-hybridized carbons (Fsp3) is 0.550. The van der Waals surface area contributed by atoms with E-state index in [2.05, 4.69) is 5.32 Å². The number of carbonyl (C=O) groups excluding carboxylic acids is 1. The number of hydrogen-bond donors (Lipinski definition) is 1. The van der Waals surface area contributed by atoms with Crippen molar-refractivity contribution >= 4 is 5.91 Å². The molecule has 1 aromatic rings. The van der Waals surface area contributed by atoms with Crippen molar-refractivity contribution in [1.82, 2.24) is 10.2 Å². The molecule has 4 nitrogen and oxygen atoms in total. The molecule has 2 aliphatic rings. The molecule has 1 saturated carbocycles. The second-order valence-corrected chi connectivity index (χ2v) is 7.09. The smallest absolute Gasteiger partial charge is 0.251 e. The molecular formula is C20H26F2N2O2. The quantitative estimate of drug-likeness (QED) is 0.729. The Labute approximate surface area is 153 Å². The van der Waals surface area contributed by atoms with E-state index in [1.54, 1.807) is 6.26 Å². The lowest BCUT2D eigenvalue weighted by Crippen LogP contribution is -2.44. The van der Waals surface area contributed by atoms with Gasteiger partial charge in [0.2, 0.25) is 5.91 Å². The maximum absolute atomic E-state index is 12.9. The Balaban J connectivity index is 1.58. The number of rotatable bonds is 9. The Kier molecular flexibility index (Phi) is 6.61. The minimum atomic E-state index is -2.48. The van der Waals surface area contributed by atoms with Gasteiger partial charge >= 0.3 is 0 Å². The third-order valence-electron chi connectivity index (χ3n) is 4.82. The fourth-order valence-corrected chi connectivity index (χ4v) is 3.39. The highest BCUT2D eigenvalue weighted by molar-refractivity contribution is 5.78. The zero-order chi connectivity index (χ0) is 18.4. The van der Waals surface area contributed by atoms with Crippen molar-refractivity contribution in [3.63, 3.8) is 0 Å². The van der Waals surface area contributed by atoms with Gasteiger partial charge in [0.05, 0.1) is 25.4 Å². The van der Waals surface area contributed by atoms with Gasteiger partial charge in [-0.3, -0.25) is 9.69 Å². The Bertz CT molecular complexity index is 605. The highest BCUT2D eigenvalue weighted by Gasteiger charge is 2.33. The first-order chi connectivity index (χ1) is 12.6. The molecule has 0 saturated heterocycles. The molecular weight excluding hydrogens is 338 g/mol. The van der Waals surface area contributed by atoms with Gasteiger partial charge in [-0.05, 0) is 43.2 Å². The summed E-state index contributed by atoms with van der Waals surface area (Å²) >= 11 is 0. The summed E-state index contributed by atoms with van der Waals surface area (Å²) in [7, 11) is 0. The molecule has 1 N–H and O–H groups in total. The predicted molar refractivity (Wildman–Crippen MR) is 95.7 cm³/mol. The number of nitrogens with zero attached hydrogens (tertiary/aromatic N) is 1. The van der Waals surface area contributed by atoms with E-state index < -0.39 is 13.0 Å². The van der Waals surface area contributed by atoms with Crippen LogP contribution in [0.1, 0.15) is 37.3 Å². The van der Waals surface area contributed by atoms with E-state index in [1.165, 1.54) is 4.90 Å². The summed E-state index contributed by atoms with van der Waals surface area (Å²) in [6, 6.07) is 9.82. The number of carbonyl (C=O) groups is 1. The average molecular weight is 364 g/mol. The number of alkyl halides is 2. The van der Waals surface area contributed by atoms with Gasteiger partial charge in [-0.15, -0.1) is 0 Å². The average Bonchev–Trinajstić information content (AvgIpc) is 3.45. The number of ether oxygens (including phenoxy) is 1. The molecule has 0 radical (unpaired) electrons. The Morgan fingerprint density at radius 3 is 2.62 bits per heavy atom. The minimum Gasteiger partial charge on any atom is -0.497 e. The molecule has 1 aromatic carbocycles. The van der Waals surface area contributed by atoms with E-state index >= 15 is 0 Å².